The number of rotatable bonds is 10. The van der Waals surface area contributed by atoms with E-state index < -0.39 is 10.0 Å². The molecule has 0 bridgehead atoms. The molecule has 1 aliphatic rings. The van der Waals surface area contributed by atoms with Gasteiger partial charge in [-0.15, -0.1) is 0 Å². The van der Waals surface area contributed by atoms with Gasteiger partial charge in [0, 0.05) is 25.2 Å². The van der Waals surface area contributed by atoms with Gasteiger partial charge in [0.2, 0.25) is 15.9 Å². The number of hydrogen-bond donors (Lipinski definition) is 1. The third kappa shape index (κ3) is 5.37. The van der Waals surface area contributed by atoms with Crippen LogP contribution in [0.2, 0.25) is 0 Å². The molecule has 0 aromatic heterocycles. The molecule has 0 aliphatic carbocycles. The Morgan fingerprint density at radius 3 is 2.48 bits per heavy atom. The summed E-state index contributed by atoms with van der Waals surface area (Å²) in [6, 6.07) is 10.6. The molecule has 3 rings (SSSR count). The van der Waals surface area contributed by atoms with Gasteiger partial charge in [0.05, 0.1) is 18.1 Å². The Morgan fingerprint density at radius 1 is 1.03 bits per heavy atom. The number of hydrogen-bond acceptors (Lipinski definition) is 5. The van der Waals surface area contributed by atoms with Crippen molar-refractivity contribution in [2.45, 2.75) is 44.9 Å². The Bertz CT molecular complexity index is 1040. The fraction of sp³-hybridized carbons (Fsp3) is 0.435. The van der Waals surface area contributed by atoms with E-state index in [1.54, 1.807) is 23.1 Å². The zero-order chi connectivity index (χ0) is 22.4. The van der Waals surface area contributed by atoms with Crippen LogP contribution in [-0.4, -0.2) is 40.6 Å². The number of sulfonamides is 1. The normalized spacial score (nSPS) is 13.2. The highest BCUT2D eigenvalue weighted by atomic mass is 32.2. The lowest BCUT2D eigenvalue weighted by Crippen LogP contribution is -2.28. The predicted octanol–water partition coefficient (Wildman–Crippen LogP) is 3.30. The number of nitrogens with zero attached hydrogens (tertiary/aromatic N) is 1. The Balaban J connectivity index is 1.66. The van der Waals surface area contributed by atoms with Crippen LogP contribution in [0.25, 0.3) is 0 Å². The third-order valence-electron chi connectivity index (χ3n) is 5.17. The molecule has 0 radical (unpaired) electrons. The van der Waals surface area contributed by atoms with Crippen LogP contribution in [0.5, 0.6) is 11.5 Å². The Kier molecular flexibility index (Phi) is 7.56. The number of benzene rings is 2. The molecule has 0 saturated carbocycles. The molecule has 2 aromatic carbocycles. The molecular weight excluding hydrogens is 416 g/mol. The largest absolute Gasteiger partial charge is 0.490 e. The van der Waals surface area contributed by atoms with Gasteiger partial charge in [-0.25, -0.2) is 13.1 Å². The van der Waals surface area contributed by atoms with Gasteiger partial charge in [0.25, 0.3) is 0 Å². The summed E-state index contributed by atoms with van der Waals surface area (Å²) in [5.74, 6) is 1.39. The summed E-state index contributed by atoms with van der Waals surface area (Å²) in [6.07, 6.45) is 1.61. The van der Waals surface area contributed by atoms with Crippen molar-refractivity contribution in [3.63, 3.8) is 0 Å². The average molecular weight is 447 g/mol. The number of carbonyl (C=O) groups excluding carboxylic acids is 1. The maximum atomic E-state index is 12.8. The summed E-state index contributed by atoms with van der Waals surface area (Å²) in [7, 11) is -3.64. The maximum Gasteiger partial charge on any atom is 0.240 e. The molecule has 0 saturated heterocycles. The van der Waals surface area contributed by atoms with E-state index in [4.69, 9.17) is 9.47 Å². The van der Waals surface area contributed by atoms with Crippen molar-refractivity contribution in [3.8, 4) is 11.5 Å². The zero-order valence-corrected chi connectivity index (χ0v) is 19.1. The molecule has 8 heteroatoms. The van der Waals surface area contributed by atoms with Gasteiger partial charge in [-0.1, -0.05) is 13.0 Å². The summed E-state index contributed by atoms with van der Waals surface area (Å²) < 4.78 is 39.4. The Labute approximate surface area is 184 Å². The minimum Gasteiger partial charge on any atom is -0.490 e. The lowest BCUT2D eigenvalue weighted by Gasteiger charge is -2.16. The first-order chi connectivity index (χ1) is 14.9. The van der Waals surface area contributed by atoms with Gasteiger partial charge in [0.1, 0.15) is 0 Å². The predicted molar refractivity (Wildman–Crippen MR) is 120 cm³/mol. The zero-order valence-electron chi connectivity index (χ0n) is 18.3. The molecule has 0 unspecified atom stereocenters. The Morgan fingerprint density at radius 2 is 1.77 bits per heavy atom. The number of nitrogens with one attached hydrogen (secondary N) is 1. The van der Waals surface area contributed by atoms with Crippen molar-refractivity contribution in [2.75, 3.05) is 31.2 Å². The minimum absolute atomic E-state index is 0.0502. The van der Waals surface area contributed by atoms with Crippen molar-refractivity contribution in [3.05, 3.63) is 47.5 Å². The minimum atomic E-state index is -3.64. The van der Waals surface area contributed by atoms with Gasteiger partial charge in [0.15, 0.2) is 11.5 Å². The monoisotopic (exact) mass is 446 g/mol. The van der Waals surface area contributed by atoms with E-state index in [0.717, 1.165) is 16.8 Å². The van der Waals surface area contributed by atoms with Gasteiger partial charge in [-0.05, 0) is 68.1 Å². The Hall–Kier alpha value is -2.58. The SMILES string of the molecule is CCOc1ccc(CCNS(=O)(=O)c2ccc3c(c2)CCN3C(=O)CC)cc1OCC. The summed E-state index contributed by atoms with van der Waals surface area (Å²) >= 11 is 0. The van der Waals surface area contributed by atoms with Gasteiger partial charge < -0.3 is 14.4 Å². The summed E-state index contributed by atoms with van der Waals surface area (Å²) in [4.78, 5) is 14.0. The van der Waals surface area contributed by atoms with Crippen LogP contribution >= 0.6 is 0 Å². The van der Waals surface area contributed by atoms with Crippen LogP contribution in [0.15, 0.2) is 41.3 Å². The fourth-order valence-corrected chi connectivity index (χ4v) is 4.74. The van der Waals surface area contributed by atoms with Crippen LogP contribution in [0.4, 0.5) is 5.69 Å². The number of amides is 1. The fourth-order valence-electron chi connectivity index (χ4n) is 3.66. The number of fused-ring (bicyclic) bond motifs is 1. The molecule has 0 spiro atoms. The van der Waals surface area contributed by atoms with Crippen LogP contribution in [0.3, 0.4) is 0 Å². The molecule has 168 valence electrons. The molecular formula is C23H30N2O5S. The second kappa shape index (κ2) is 10.2. The van der Waals surface area contributed by atoms with Crippen LogP contribution in [0.1, 0.15) is 38.3 Å². The topological polar surface area (TPSA) is 84.9 Å². The van der Waals surface area contributed by atoms with Crippen LogP contribution in [-0.2, 0) is 27.7 Å². The first kappa shape index (κ1) is 23.1. The summed E-state index contributed by atoms with van der Waals surface area (Å²) in [6.45, 7) is 7.57. The van der Waals surface area contributed by atoms with Gasteiger partial charge in [-0.3, -0.25) is 4.79 Å². The van der Waals surface area contributed by atoms with Crippen LogP contribution < -0.4 is 19.1 Å². The van der Waals surface area contributed by atoms with Crippen molar-refractivity contribution in [1.82, 2.24) is 4.72 Å². The molecule has 2 aromatic rings. The van der Waals surface area contributed by atoms with Crippen molar-refractivity contribution < 1.29 is 22.7 Å². The highest BCUT2D eigenvalue weighted by Gasteiger charge is 2.25. The molecule has 1 heterocycles. The highest BCUT2D eigenvalue weighted by Crippen LogP contribution is 2.31. The molecule has 1 N–H and O–H groups in total. The lowest BCUT2D eigenvalue weighted by atomic mass is 10.1. The van der Waals surface area contributed by atoms with E-state index in [1.165, 1.54) is 0 Å². The maximum absolute atomic E-state index is 12.8. The van der Waals surface area contributed by atoms with Crippen LogP contribution in [0, 0.1) is 0 Å². The van der Waals surface area contributed by atoms with E-state index in [9.17, 15) is 13.2 Å². The van der Waals surface area contributed by atoms with Crippen molar-refractivity contribution >= 4 is 21.6 Å². The smallest absolute Gasteiger partial charge is 0.240 e. The van der Waals surface area contributed by atoms with E-state index in [1.807, 2.05) is 39.0 Å². The van der Waals surface area contributed by atoms with E-state index in [0.29, 0.717) is 50.5 Å². The highest BCUT2D eigenvalue weighted by molar-refractivity contribution is 7.89. The van der Waals surface area contributed by atoms with Crippen molar-refractivity contribution in [2.24, 2.45) is 0 Å². The molecule has 0 fully saturated rings. The molecule has 31 heavy (non-hydrogen) atoms. The quantitative estimate of drug-likeness (QED) is 0.605. The lowest BCUT2D eigenvalue weighted by molar-refractivity contribution is -0.118. The average Bonchev–Trinajstić information content (AvgIpc) is 3.18. The third-order valence-corrected chi connectivity index (χ3v) is 6.63. The molecule has 7 nitrogen and oxygen atoms in total. The standard InChI is InChI=1S/C23H30N2O5S/c1-4-23(26)25-14-12-18-16-19(8-9-20(18)25)31(27,28)24-13-11-17-7-10-21(29-5-2)22(15-17)30-6-3/h7-10,15-16,24H,4-6,11-14H2,1-3H3. The van der Waals surface area contributed by atoms with E-state index >= 15 is 0 Å². The first-order valence-electron chi connectivity index (χ1n) is 10.7. The number of ether oxygens (including phenoxy) is 2. The molecule has 0 atom stereocenters. The van der Waals surface area contributed by atoms with E-state index in [2.05, 4.69) is 4.72 Å². The molecule has 1 amide bonds. The number of anilines is 1. The number of carbonyl (C=O) groups is 1. The van der Waals surface area contributed by atoms with Gasteiger partial charge in [-0.2, -0.15) is 0 Å². The van der Waals surface area contributed by atoms with E-state index in [-0.39, 0.29) is 17.3 Å². The molecule has 1 aliphatic heterocycles. The second-order valence-electron chi connectivity index (χ2n) is 7.23. The second-order valence-corrected chi connectivity index (χ2v) is 9.00. The first-order valence-corrected chi connectivity index (χ1v) is 12.2. The summed E-state index contributed by atoms with van der Waals surface area (Å²) in [5, 5.41) is 0. The van der Waals surface area contributed by atoms with Crippen molar-refractivity contribution in [1.29, 1.82) is 0 Å². The van der Waals surface area contributed by atoms with Gasteiger partial charge >= 0.3 is 0 Å². The summed E-state index contributed by atoms with van der Waals surface area (Å²) in [5.41, 5.74) is 2.65.